The molecule has 5 heteroatoms. The second-order valence-corrected chi connectivity index (χ2v) is 5.99. The summed E-state index contributed by atoms with van der Waals surface area (Å²) in [6.07, 6.45) is 8.87. The molecular weight excluding hydrogens is 292 g/mol. The summed E-state index contributed by atoms with van der Waals surface area (Å²) < 4.78 is 0. The Hall–Kier alpha value is -1.91. The highest BCUT2D eigenvalue weighted by Crippen LogP contribution is 2.35. The van der Waals surface area contributed by atoms with E-state index in [1.165, 1.54) is 13.3 Å². The van der Waals surface area contributed by atoms with Gasteiger partial charge in [0.2, 0.25) is 6.41 Å². The lowest BCUT2D eigenvalue weighted by molar-refractivity contribution is -0.122. The predicted molar refractivity (Wildman–Crippen MR) is 90.5 cm³/mol. The largest absolute Gasteiger partial charge is 0.391 e. The molecule has 0 aliphatic heterocycles. The Morgan fingerprint density at radius 3 is 2.30 bits per heavy atom. The first-order valence-electron chi connectivity index (χ1n) is 8.43. The molecule has 0 aromatic heterocycles. The summed E-state index contributed by atoms with van der Waals surface area (Å²) in [5.41, 5.74) is 2.02. The fourth-order valence-electron chi connectivity index (χ4n) is 3.22. The fourth-order valence-corrected chi connectivity index (χ4v) is 3.22. The van der Waals surface area contributed by atoms with Crippen LogP contribution in [-0.4, -0.2) is 25.1 Å². The molecule has 0 aromatic rings. The molecule has 0 unspecified atom stereocenters. The Bertz CT molecular complexity index is 500. The van der Waals surface area contributed by atoms with Gasteiger partial charge >= 0.3 is 0 Å². The maximum Gasteiger partial charge on any atom is 0.259 e. The molecule has 2 amide bonds. The number of ketones is 1. The van der Waals surface area contributed by atoms with Crippen LogP contribution in [0.4, 0.5) is 0 Å². The SMILES string of the molecule is CCC/C(NC)=C(C(=O)NC=O)\C(=C/C(C)=O)C1CCCCC1. The van der Waals surface area contributed by atoms with Gasteiger partial charge in [-0.25, -0.2) is 0 Å². The molecule has 0 radical (unpaired) electrons. The molecule has 0 saturated heterocycles. The first kappa shape index (κ1) is 19.1. The second kappa shape index (κ2) is 9.98. The molecule has 23 heavy (non-hydrogen) atoms. The molecule has 1 saturated carbocycles. The molecule has 1 aliphatic rings. The zero-order chi connectivity index (χ0) is 17.2. The van der Waals surface area contributed by atoms with E-state index in [-0.39, 0.29) is 11.7 Å². The molecular formula is C18H28N2O3. The Kier molecular flexibility index (Phi) is 8.30. The third kappa shape index (κ3) is 5.66. The van der Waals surface area contributed by atoms with Gasteiger partial charge in [-0.3, -0.25) is 19.7 Å². The Balaban J connectivity index is 3.38. The minimum atomic E-state index is -0.434. The third-order valence-corrected chi connectivity index (χ3v) is 4.21. The molecule has 1 rings (SSSR count). The molecule has 0 aromatic carbocycles. The molecule has 1 fully saturated rings. The fraction of sp³-hybridized carbons (Fsp3) is 0.611. The zero-order valence-electron chi connectivity index (χ0n) is 14.4. The normalized spacial score (nSPS) is 17.3. The van der Waals surface area contributed by atoms with Crippen molar-refractivity contribution >= 4 is 18.1 Å². The summed E-state index contributed by atoms with van der Waals surface area (Å²) in [5.74, 6) is -0.315. The number of hydrogen-bond donors (Lipinski definition) is 2. The van der Waals surface area contributed by atoms with Gasteiger partial charge in [-0.2, -0.15) is 0 Å². The number of carbonyl (C=O) groups is 3. The maximum atomic E-state index is 12.5. The van der Waals surface area contributed by atoms with Crippen LogP contribution in [0, 0.1) is 5.92 Å². The summed E-state index contributed by atoms with van der Waals surface area (Å²) in [6.45, 7) is 3.53. The van der Waals surface area contributed by atoms with Crippen molar-refractivity contribution in [1.82, 2.24) is 10.6 Å². The van der Waals surface area contributed by atoms with Crippen LogP contribution in [0.3, 0.4) is 0 Å². The molecule has 2 N–H and O–H groups in total. The zero-order valence-corrected chi connectivity index (χ0v) is 14.4. The van der Waals surface area contributed by atoms with Gasteiger partial charge in [0.1, 0.15) is 0 Å². The summed E-state index contributed by atoms with van der Waals surface area (Å²) in [7, 11) is 1.77. The first-order chi connectivity index (χ1) is 11.0. The van der Waals surface area contributed by atoms with Crippen molar-refractivity contribution in [3.8, 4) is 0 Å². The topological polar surface area (TPSA) is 75.3 Å². The highest BCUT2D eigenvalue weighted by molar-refractivity contribution is 6.05. The van der Waals surface area contributed by atoms with Crippen molar-refractivity contribution in [2.75, 3.05) is 7.05 Å². The van der Waals surface area contributed by atoms with Crippen molar-refractivity contribution in [2.45, 2.75) is 58.8 Å². The lowest BCUT2D eigenvalue weighted by Crippen LogP contribution is -2.30. The lowest BCUT2D eigenvalue weighted by Gasteiger charge is -2.27. The van der Waals surface area contributed by atoms with E-state index in [1.807, 2.05) is 6.92 Å². The molecule has 5 nitrogen and oxygen atoms in total. The molecule has 128 valence electrons. The molecule has 0 bridgehead atoms. The molecule has 0 atom stereocenters. The number of nitrogens with one attached hydrogen (secondary N) is 2. The minimum absolute atomic E-state index is 0.0751. The van der Waals surface area contributed by atoms with Crippen molar-refractivity contribution < 1.29 is 14.4 Å². The van der Waals surface area contributed by atoms with Gasteiger partial charge in [-0.15, -0.1) is 0 Å². The third-order valence-electron chi connectivity index (χ3n) is 4.21. The second-order valence-electron chi connectivity index (χ2n) is 5.99. The van der Waals surface area contributed by atoms with Crippen molar-refractivity contribution in [1.29, 1.82) is 0 Å². The van der Waals surface area contributed by atoms with Crippen LogP contribution in [-0.2, 0) is 14.4 Å². The number of allylic oxidation sites excluding steroid dienone is 2. The van der Waals surface area contributed by atoms with E-state index in [1.54, 1.807) is 13.1 Å². The Labute approximate surface area is 138 Å². The highest BCUT2D eigenvalue weighted by atomic mass is 16.2. The van der Waals surface area contributed by atoms with Gasteiger partial charge in [0, 0.05) is 12.7 Å². The van der Waals surface area contributed by atoms with E-state index < -0.39 is 5.91 Å². The van der Waals surface area contributed by atoms with E-state index >= 15 is 0 Å². The average molecular weight is 320 g/mol. The molecule has 0 spiro atoms. The van der Waals surface area contributed by atoms with E-state index in [0.29, 0.717) is 18.4 Å². The van der Waals surface area contributed by atoms with E-state index in [4.69, 9.17) is 0 Å². The van der Waals surface area contributed by atoms with E-state index in [2.05, 4.69) is 10.6 Å². The monoisotopic (exact) mass is 320 g/mol. The van der Waals surface area contributed by atoms with Gasteiger partial charge in [-0.05, 0) is 43.8 Å². The number of amides is 2. The van der Waals surface area contributed by atoms with E-state index in [0.717, 1.165) is 43.4 Å². The highest BCUT2D eigenvalue weighted by Gasteiger charge is 2.27. The van der Waals surface area contributed by atoms with Crippen LogP contribution in [0.1, 0.15) is 58.8 Å². The summed E-state index contributed by atoms with van der Waals surface area (Å²) in [4.78, 5) is 35.0. The van der Waals surface area contributed by atoms with Crippen LogP contribution in [0.25, 0.3) is 0 Å². The van der Waals surface area contributed by atoms with Crippen molar-refractivity contribution in [2.24, 2.45) is 5.92 Å². The molecule has 0 heterocycles. The maximum absolute atomic E-state index is 12.5. The minimum Gasteiger partial charge on any atom is -0.391 e. The van der Waals surface area contributed by atoms with Gasteiger partial charge in [0.15, 0.2) is 5.78 Å². The quantitative estimate of drug-likeness (QED) is 0.409. The van der Waals surface area contributed by atoms with Gasteiger partial charge in [0.25, 0.3) is 5.91 Å². The number of rotatable bonds is 8. The number of carbonyl (C=O) groups excluding carboxylic acids is 3. The van der Waals surface area contributed by atoms with Crippen molar-refractivity contribution in [3.05, 3.63) is 22.9 Å². The average Bonchev–Trinajstić information content (AvgIpc) is 2.54. The number of hydrogen-bond acceptors (Lipinski definition) is 4. The number of imide groups is 1. The summed E-state index contributed by atoms with van der Waals surface area (Å²) in [6, 6.07) is 0. The van der Waals surface area contributed by atoms with Gasteiger partial charge in [0.05, 0.1) is 5.57 Å². The van der Waals surface area contributed by atoms with Gasteiger partial charge < -0.3 is 5.32 Å². The van der Waals surface area contributed by atoms with Crippen LogP contribution >= 0.6 is 0 Å². The smallest absolute Gasteiger partial charge is 0.259 e. The van der Waals surface area contributed by atoms with E-state index in [9.17, 15) is 14.4 Å². The Morgan fingerprint density at radius 2 is 1.83 bits per heavy atom. The summed E-state index contributed by atoms with van der Waals surface area (Å²) >= 11 is 0. The summed E-state index contributed by atoms with van der Waals surface area (Å²) in [5, 5.41) is 5.33. The van der Waals surface area contributed by atoms with Gasteiger partial charge in [-0.1, -0.05) is 32.6 Å². The van der Waals surface area contributed by atoms with Crippen LogP contribution in [0.15, 0.2) is 22.9 Å². The molecule has 1 aliphatic carbocycles. The Morgan fingerprint density at radius 1 is 1.17 bits per heavy atom. The standard InChI is InChI=1S/C18H28N2O3/c1-4-8-16(19-3)17(18(23)20-12-21)15(11-13(2)22)14-9-6-5-7-10-14/h11-12,14,19H,4-10H2,1-3H3,(H,20,21,23)/b15-11-,17-16-. The predicted octanol–water partition coefficient (Wildman–Crippen LogP) is 2.63. The first-order valence-corrected chi connectivity index (χ1v) is 8.43. The van der Waals surface area contributed by atoms with Crippen molar-refractivity contribution in [3.63, 3.8) is 0 Å². The van der Waals surface area contributed by atoms with Crippen LogP contribution in [0.2, 0.25) is 0 Å². The van der Waals surface area contributed by atoms with Crippen LogP contribution in [0.5, 0.6) is 0 Å². The van der Waals surface area contributed by atoms with Crippen LogP contribution < -0.4 is 10.6 Å². The lowest BCUT2D eigenvalue weighted by atomic mass is 9.79.